The SMILES string of the molecule is CC(C)(C)C1CCc2c(sc(NC(=O)/C=C/C(=O)O)c2C#N)C1. The summed E-state index contributed by atoms with van der Waals surface area (Å²) in [4.78, 5) is 23.4. The molecule has 5 nitrogen and oxygen atoms in total. The molecule has 0 bridgehead atoms. The van der Waals surface area contributed by atoms with Crippen molar-refractivity contribution in [2.75, 3.05) is 5.32 Å². The average molecular weight is 332 g/mol. The van der Waals surface area contributed by atoms with Crippen molar-refractivity contribution in [2.45, 2.75) is 40.0 Å². The molecule has 2 rings (SSSR count). The van der Waals surface area contributed by atoms with E-state index >= 15 is 0 Å². The van der Waals surface area contributed by atoms with Gasteiger partial charge in [-0.3, -0.25) is 4.79 Å². The minimum absolute atomic E-state index is 0.210. The zero-order valence-corrected chi connectivity index (χ0v) is 14.3. The zero-order chi connectivity index (χ0) is 17.2. The van der Waals surface area contributed by atoms with E-state index in [4.69, 9.17) is 5.11 Å². The number of nitriles is 1. The van der Waals surface area contributed by atoms with E-state index in [9.17, 15) is 14.9 Å². The van der Waals surface area contributed by atoms with Crippen molar-refractivity contribution in [1.29, 1.82) is 5.26 Å². The third-order valence-corrected chi connectivity index (χ3v) is 5.39. The maximum Gasteiger partial charge on any atom is 0.328 e. The fourth-order valence-corrected chi connectivity index (χ4v) is 4.11. The first kappa shape index (κ1) is 17.2. The van der Waals surface area contributed by atoms with Crippen LogP contribution in [0.2, 0.25) is 0 Å². The fraction of sp³-hybridized carbons (Fsp3) is 0.471. The van der Waals surface area contributed by atoms with Gasteiger partial charge in [-0.25, -0.2) is 4.79 Å². The standard InChI is InChI=1S/C17H20N2O3S/c1-17(2,3)10-4-5-11-12(9-18)16(23-13(11)8-10)19-14(20)6-7-15(21)22/h6-7,10H,4-5,8H2,1-3H3,(H,19,20)(H,21,22)/b7-6+. The molecule has 2 N–H and O–H groups in total. The fourth-order valence-electron chi connectivity index (χ4n) is 2.83. The van der Waals surface area contributed by atoms with Crippen LogP contribution >= 0.6 is 11.3 Å². The lowest BCUT2D eigenvalue weighted by molar-refractivity contribution is -0.131. The topological polar surface area (TPSA) is 90.2 Å². The Morgan fingerprint density at radius 2 is 2.09 bits per heavy atom. The number of hydrogen-bond acceptors (Lipinski definition) is 4. The molecular formula is C17H20N2O3S. The number of rotatable bonds is 3. The van der Waals surface area contributed by atoms with Crippen LogP contribution in [0.4, 0.5) is 5.00 Å². The zero-order valence-electron chi connectivity index (χ0n) is 13.5. The number of hydrogen-bond donors (Lipinski definition) is 2. The number of carbonyl (C=O) groups is 2. The number of nitrogens with zero attached hydrogens (tertiary/aromatic N) is 1. The Bertz CT molecular complexity index is 705. The highest BCUT2D eigenvalue weighted by Crippen LogP contribution is 2.43. The number of carboxylic acids is 1. The molecule has 1 heterocycles. The molecule has 0 aliphatic heterocycles. The van der Waals surface area contributed by atoms with Crippen LogP contribution in [0, 0.1) is 22.7 Å². The normalized spacial score (nSPS) is 17.6. The summed E-state index contributed by atoms with van der Waals surface area (Å²) in [6.45, 7) is 6.67. The second-order valence-corrected chi connectivity index (χ2v) is 7.89. The molecule has 1 unspecified atom stereocenters. The summed E-state index contributed by atoms with van der Waals surface area (Å²) in [6, 6.07) is 2.18. The molecule has 23 heavy (non-hydrogen) atoms. The first-order valence-electron chi connectivity index (χ1n) is 7.49. The van der Waals surface area contributed by atoms with E-state index in [1.54, 1.807) is 0 Å². The maximum absolute atomic E-state index is 11.8. The molecule has 0 fully saturated rings. The van der Waals surface area contributed by atoms with Crippen LogP contribution < -0.4 is 5.32 Å². The van der Waals surface area contributed by atoms with E-state index in [1.807, 2.05) is 0 Å². The highest BCUT2D eigenvalue weighted by molar-refractivity contribution is 7.16. The molecule has 1 atom stereocenters. The van der Waals surface area contributed by atoms with Gasteiger partial charge in [-0.1, -0.05) is 20.8 Å². The molecule has 1 aliphatic rings. The Hall–Kier alpha value is -2.13. The summed E-state index contributed by atoms with van der Waals surface area (Å²) in [7, 11) is 0. The van der Waals surface area contributed by atoms with E-state index in [2.05, 4.69) is 32.2 Å². The van der Waals surface area contributed by atoms with Gasteiger partial charge in [-0.15, -0.1) is 11.3 Å². The number of anilines is 1. The smallest absolute Gasteiger partial charge is 0.328 e. The minimum Gasteiger partial charge on any atom is -0.478 e. The summed E-state index contributed by atoms with van der Waals surface area (Å²) >= 11 is 1.43. The minimum atomic E-state index is -1.18. The van der Waals surface area contributed by atoms with Crippen LogP contribution in [-0.2, 0) is 22.4 Å². The van der Waals surface area contributed by atoms with Crippen molar-refractivity contribution < 1.29 is 14.7 Å². The Labute approximate surface area is 139 Å². The van der Waals surface area contributed by atoms with Gasteiger partial charge >= 0.3 is 5.97 Å². The van der Waals surface area contributed by atoms with Crippen LogP contribution in [0.3, 0.4) is 0 Å². The van der Waals surface area contributed by atoms with Crippen LogP contribution in [-0.4, -0.2) is 17.0 Å². The number of thiophene rings is 1. The van der Waals surface area contributed by atoms with E-state index in [0.29, 0.717) is 16.5 Å². The Morgan fingerprint density at radius 1 is 1.39 bits per heavy atom. The lowest BCUT2D eigenvalue weighted by atomic mass is 9.72. The van der Waals surface area contributed by atoms with Crippen LogP contribution in [0.1, 0.15) is 43.2 Å². The molecule has 0 aromatic carbocycles. The van der Waals surface area contributed by atoms with Gasteiger partial charge in [0.2, 0.25) is 5.91 Å². The second-order valence-electron chi connectivity index (χ2n) is 6.79. The van der Waals surface area contributed by atoms with Gasteiger partial charge < -0.3 is 10.4 Å². The molecule has 0 spiro atoms. The molecule has 1 aromatic rings. The van der Waals surface area contributed by atoms with Crippen molar-refractivity contribution in [1.82, 2.24) is 0 Å². The quantitative estimate of drug-likeness (QED) is 0.831. The summed E-state index contributed by atoms with van der Waals surface area (Å²) in [5.41, 5.74) is 1.77. The van der Waals surface area contributed by atoms with Crippen molar-refractivity contribution in [3.05, 3.63) is 28.2 Å². The van der Waals surface area contributed by atoms with Gasteiger partial charge in [0.05, 0.1) is 5.56 Å². The van der Waals surface area contributed by atoms with Crippen LogP contribution in [0.15, 0.2) is 12.2 Å². The Balaban J connectivity index is 2.24. The van der Waals surface area contributed by atoms with Crippen molar-refractivity contribution in [3.63, 3.8) is 0 Å². The van der Waals surface area contributed by atoms with Crippen molar-refractivity contribution >= 4 is 28.2 Å². The average Bonchev–Trinajstić information content (AvgIpc) is 2.80. The first-order valence-corrected chi connectivity index (χ1v) is 8.30. The Morgan fingerprint density at radius 3 is 2.65 bits per heavy atom. The first-order chi connectivity index (χ1) is 10.7. The second kappa shape index (κ2) is 6.55. The van der Waals surface area contributed by atoms with Gasteiger partial charge in [-0.2, -0.15) is 5.26 Å². The van der Waals surface area contributed by atoms with Gasteiger partial charge in [0.25, 0.3) is 0 Å². The Kier molecular flexibility index (Phi) is 4.90. The van der Waals surface area contributed by atoms with Gasteiger partial charge in [0.15, 0.2) is 0 Å². The summed E-state index contributed by atoms with van der Waals surface area (Å²) in [6.07, 6.45) is 4.54. The third kappa shape index (κ3) is 3.99. The van der Waals surface area contributed by atoms with E-state index in [0.717, 1.165) is 41.9 Å². The number of nitrogens with one attached hydrogen (secondary N) is 1. The van der Waals surface area contributed by atoms with Crippen molar-refractivity contribution in [2.24, 2.45) is 11.3 Å². The highest BCUT2D eigenvalue weighted by Gasteiger charge is 2.32. The molecule has 6 heteroatoms. The number of fused-ring (bicyclic) bond motifs is 1. The lowest BCUT2D eigenvalue weighted by Crippen LogP contribution is -2.26. The van der Waals surface area contributed by atoms with Gasteiger partial charge in [-0.05, 0) is 36.2 Å². The molecule has 1 aliphatic carbocycles. The summed E-state index contributed by atoms with van der Waals surface area (Å²) in [5, 5.41) is 21.1. The van der Waals surface area contributed by atoms with Crippen LogP contribution in [0.5, 0.6) is 0 Å². The monoisotopic (exact) mass is 332 g/mol. The van der Waals surface area contributed by atoms with E-state index < -0.39 is 11.9 Å². The van der Waals surface area contributed by atoms with Gasteiger partial charge in [0, 0.05) is 17.0 Å². The molecule has 0 radical (unpaired) electrons. The molecule has 0 saturated heterocycles. The summed E-state index contributed by atoms with van der Waals surface area (Å²) < 4.78 is 0. The van der Waals surface area contributed by atoms with Gasteiger partial charge in [0.1, 0.15) is 11.1 Å². The molecule has 1 amide bonds. The highest BCUT2D eigenvalue weighted by atomic mass is 32.1. The summed E-state index contributed by atoms with van der Waals surface area (Å²) in [5.74, 6) is -1.16. The maximum atomic E-state index is 11.8. The van der Waals surface area contributed by atoms with E-state index in [1.165, 1.54) is 11.3 Å². The van der Waals surface area contributed by atoms with E-state index in [-0.39, 0.29) is 5.41 Å². The largest absolute Gasteiger partial charge is 0.478 e. The van der Waals surface area contributed by atoms with Crippen molar-refractivity contribution in [3.8, 4) is 6.07 Å². The number of carbonyl (C=O) groups excluding carboxylic acids is 1. The lowest BCUT2D eigenvalue weighted by Gasteiger charge is -2.33. The molecule has 0 saturated carbocycles. The molecule has 122 valence electrons. The number of carboxylic acid groups (broad SMARTS) is 1. The van der Waals surface area contributed by atoms with Crippen LogP contribution in [0.25, 0.3) is 0 Å². The third-order valence-electron chi connectivity index (χ3n) is 4.22. The predicted molar refractivity (Wildman–Crippen MR) is 89.4 cm³/mol. The molecule has 1 aromatic heterocycles. The molecular weight excluding hydrogens is 312 g/mol. The number of aliphatic carboxylic acids is 1. The predicted octanol–water partition coefficient (Wildman–Crippen LogP) is 3.35. The number of amides is 1.